The molecule has 1 rings (SSSR count). The number of aromatic nitrogens is 2. The first-order chi connectivity index (χ1) is 7.24. The van der Waals surface area contributed by atoms with E-state index in [-0.39, 0.29) is 5.56 Å². The fraction of sp³-hybridized carbons (Fsp3) is 0.600. The summed E-state index contributed by atoms with van der Waals surface area (Å²) in [6, 6.07) is 1.39. The second kappa shape index (κ2) is 6.19. The summed E-state index contributed by atoms with van der Waals surface area (Å²) in [5, 5.41) is 0. The quantitative estimate of drug-likeness (QED) is 0.701. The molecule has 0 atom stereocenters. The molecule has 0 aliphatic carbocycles. The lowest BCUT2D eigenvalue weighted by Crippen LogP contribution is -2.26. The Morgan fingerprint density at radius 2 is 2.33 bits per heavy atom. The SMILES string of the molecule is CCCOCCN(C)c1nccc(=O)[nH]1. The van der Waals surface area contributed by atoms with E-state index in [0.29, 0.717) is 19.1 Å². The molecule has 1 heterocycles. The Kier molecular flexibility index (Phi) is 4.83. The van der Waals surface area contributed by atoms with Crippen LogP contribution in [0.1, 0.15) is 13.3 Å². The Labute approximate surface area is 89.1 Å². The molecule has 15 heavy (non-hydrogen) atoms. The minimum absolute atomic E-state index is 0.138. The fourth-order valence-electron chi connectivity index (χ4n) is 1.11. The van der Waals surface area contributed by atoms with Crippen molar-refractivity contribution in [2.45, 2.75) is 13.3 Å². The van der Waals surface area contributed by atoms with Crippen LogP contribution in [0, 0.1) is 0 Å². The van der Waals surface area contributed by atoms with Crippen LogP contribution >= 0.6 is 0 Å². The number of nitrogens with zero attached hydrogens (tertiary/aromatic N) is 2. The molecular weight excluding hydrogens is 194 g/mol. The maximum absolute atomic E-state index is 11.0. The van der Waals surface area contributed by atoms with Gasteiger partial charge in [0, 0.05) is 32.5 Å². The standard InChI is InChI=1S/C10H17N3O2/c1-3-7-15-8-6-13(2)10-11-5-4-9(14)12-10/h4-5H,3,6-8H2,1-2H3,(H,11,12,14). The summed E-state index contributed by atoms with van der Waals surface area (Å²) in [7, 11) is 1.87. The molecule has 0 amide bonds. The molecular formula is C10H17N3O2. The van der Waals surface area contributed by atoms with E-state index in [1.807, 2.05) is 11.9 Å². The van der Waals surface area contributed by atoms with Gasteiger partial charge in [-0.05, 0) is 6.42 Å². The van der Waals surface area contributed by atoms with Gasteiger partial charge in [0.2, 0.25) is 5.95 Å². The zero-order valence-electron chi connectivity index (χ0n) is 9.19. The predicted octanol–water partition coefficient (Wildman–Crippen LogP) is 0.633. The number of ether oxygens (including phenoxy) is 1. The highest BCUT2D eigenvalue weighted by atomic mass is 16.5. The van der Waals surface area contributed by atoms with Gasteiger partial charge in [-0.2, -0.15) is 0 Å². The lowest BCUT2D eigenvalue weighted by molar-refractivity contribution is 0.141. The Balaban J connectivity index is 2.40. The molecule has 0 spiro atoms. The highest BCUT2D eigenvalue weighted by Gasteiger charge is 2.01. The van der Waals surface area contributed by atoms with E-state index in [1.165, 1.54) is 12.3 Å². The van der Waals surface area contributed by atoms with E-state index in [4.69, 9.17) is 4.74 Å². The summed E-state index contributed by atoms with van der Waals surface area (Å²) in [5.74, 6) is 0.572. The third-order valence-corrected chi connectivity index (χ3v) is 1.94. The molecule has 0 saturated carbocycles. The van der Waals surface area contributed by atoms with Gasteiger partial charge in [0.1, 0.15) is 0 Å². The molecule has 0 fully saturated rings. The Morgan fingerprint density at radius 1 is 1.53 bits per heavy atom. The van der Waals surface area contributed by atoms with Crippen LogP contribution < -0.4 is 10.5 Å². The number of likely N-dealkylation sites (N-methyl/N-ethyl adjacent to an activating group) is 1. The number of nitrogens with one attached hydrogen (secondary N) is 1. The Bertz CT molecular complexity index is 337. The van der Waals surface area contributed by atoms with E-state index >= 15 is 0 Å². The van der Waals surface area contributed by atoms with Crippen LogP contribution in [0.5, 0.6) is 0 Å². The molecule has 84 valence electrons. The summed E-state index contributed by atoms with van der Waals surface area (Å²) in [6.07, 6.45) is 2.52. The molecule has 0 aliphatic rings. The van der Waals surface area contributed by atoms with Crippen LogP contribution in [0.25, 0.3) is 0 Å². The molecule has 0 saturated heterocycles. The lowest BCUT2D eigenvalue weighted by Gasteiger charge is -2.16. The van der Waals surface area contributed by atoms with Crippen molar-refractivity contribution in [1.29, 1.82) is 0 Å². The fourth-order valence-corrected chi connectivity index (χ4v) is 1.11. The van der Waals surface area contributed by atoms with Crippen LogP contribution in [-0.2, 0) is 4.74 Å². The van der Waals surface area contributed by atoms with Crippen LogP contribution in [-0.4, -0.2) is 36.8 Å². The average Bonchev–Trinajstić information content (AvgIpc) is 2.24. The molecule has 0 aromatic carbocycles. The molecule has 0 aliphatic heterocycles. The summed E-state index contributed by atoms with van der Waals surface area (Å²) in [6.45, 7) is 4.20. The van der Waals surface area contributed by atoms with E-state index in [1.54, 1.807) is 0 Å². The molecule has 0 radical (unpaired) electrons. The van der Waals surface area contributed by atoms with Gasteiger partial charge in [0.05, 0.1) is 6.61 Å². The number of H-pyrrole nitrogens is 1. The van der Waals surface area contributed by atoms with Crippen molar-refractivity contribution in [2.24, 2.45) is 0 Å². The molecule has 5 nitrogen and oxygen atoms in total. The number of anilines is 1. The van der Waals surface area contributed by atoms with Crippen LogP contribution in [0.4, 0.5) is 5.95 Å². The maximum Gasteiger partial charge on any atom is 0.252 e. The Hall–Kier alpha value is -1.36. The van der Waals surface area contributed by atoms with Gasteiger partial charge in [-0.1, -0.05) is 6.92 Å². The van der Waals surface area contributed by atoms with E-state index < -0.39 is 0 Å². The Morgan fingerprint density at radius 3 is 3.00 bits per heavy atom. The normalized spacial score (nSPS) is 10.3. The summed E-state index contributed by atoms with van der Waals surface area (Å²) in [5.41, 5.74) is -0.138. The maximum atomic E-state index is 11.0. The lowest BCUT2D eigenvalue weighted by atomic mass is 10.5. The first-order valence-electron chi connectivity index (χ1n) is 5.08. The highest BCUT2D eigenvalue weighted by molar-refractivity contribution is 5.26. The average molecular weight is 211 g/mol. The van der Waals surface area contributed by atoms with Gasteiger partial charge in [-0.15, -0.1) is 0 Å². The topological polar surface area (TPSA) is 58.2 Å². The van der Waals surface area contributed by atoms with Crippen molar-refractivity contribution in [2.75, 3.05) is 31.7 Å². The molecule has 0 unspecified atom stereocenters. The molecule has 1 N–H and O–H groups in total. The van der Waals surface area contributed by atoms with Crippen molar-refractivity contribution >= 4 is 5.95 Å². The predicted molar refractivity (Wildman–Crippen MR) is 59.2 cm³/mol. The second-order valence-corrected chi connectivity index (χ2v) is 3.29. The molecule has 1 aromatic heterocycles. The van der Waals surface area contributed by atoms with E-state index in [0.717, 1.165) is 13.0 Å². The number of rotatable bonds is 6. The third-order valence-electron chi connectivity index (χ3n) is 1.94. The number of hydrogen-bond donors (Lipinski definition) is 1. The summed E-state index contributed by atoms with van der Waals surface area (Å²) >= 11 is 0. The minimum atomic E-state index is -0.138. The first-order valence-corrected chi connectivity index (χ1v) is 5.08. The molecule has 0 bridgehead atoms. The zero-order valence-corrected chi connectivity index (χ0v) is 9.19. The van der Waals surface area contributed by atoms with Gasteiger partial charge in [0.25, 0.3) is 5.56 Å². The number of hydrogen-bond acceptors (Lipinski definition) is 4. The summed E-state index contributed by atoms with van der Waals surface area (Å²) in [4.78, 5) is 19.6. The second-order valence-electron chi connectivity index (χ2n) is 3.29. The van der Waals surface area contributed by atoms with Crippen LogP contribution in [0.15, 0.2) is 17.1 Å². The monoisotopic (exact) mass is 211 g/mol. The largest absolute Gasteiger partial charge is 0.380 e. The van der Waals surface area contributed by atoms with Crippen LogP contribution in [0.2, 0.25) is 0 Å². The number of aromatic amines is 1. The molecule has 1 aromatic rings. The van der Waals surface area contributed by atoms with Crippen molar-refractivity contribution in [3.8, 4) is 0 Å². The van der Waals surface area contributed by atoms with Crippen molar-refractivity contribution in [3.63, 3.8) is 0 Å². The minimum Gasteiger partial charge on any atom is -0.380 e. The van der Waals surface area contributed by atoms with E-state index in [9.17, 15) is 4.79 Å². The smallest absolute Gasteiger partial charge is 0.252 e. The van der Waals surface area contributed by atoms with Gasteiger partial charge in [-0.3, -0.25) is 9.78 Å². The van der Waals surface area contributed by atoms with Gasteiger partial charge >= 0.3 is 0 Å². The third kappa shape index (κ3) is 4.12. The van der Waals surface area contributed by atoms with Crippen molar-refractivity contribution in [3.05, 3.63) is 22.6 Å². The van der Waals surface area contributed by atoms with Gasteiger partial charge < -0.3 is 9.64 Å². The van der Waals surface area contributed by atoms with Crippen molar-refractivity contribution in [1.82, 2.24) is 9.97 Å². The highest BCUT2D eigenvalue weighted by Crippen LogP contribution is 1.98. The zero-order chi connectivity index (χ0) is 11.1. The van der Waals surface area contributed by atoms with Gasteiger partial charge in [-0.25, -0.2) is 4.98 Å². The first kappa shape index (κ1) is 11.7. The van der Waals surface area contributed by atoms with Crippen molar-refractivity contribution < 1.29 is 4.74 Å². The summed E-state index contributed by atoms with van der Waals surface area (Å²) < 4.78 is 5.34. The van der Waals surface area contributed by atoms with Gasteiger partial charge in [0.15, 0.2) is 0 Å². The molecule has 5 heteroatoms. The van der Waals surface area contributed by atoms with Crippen LogP contribution in [0.3, 0.4) is 0 Å². The van der Waals surface area contributed by atoms with E-state index in [2.05, 4.69) is 16.9 Å².